The number of ether oxygens (including phenoxy) is 1. The molecular formula is C9H14ClN4O3-. The summed E-state index contributed by atoms with van der Waals surface area (Å²) in [5.41, 5.74) is -0.0337. The van der Waals surface area contributed by atoms with Crippen LogP contribution in [0.25, 0.3) is 0 Å². The third-order valence-electron chi connectivity index (χ3n) is 2.70. The van der Waals surface area contributed by atoms with Gasteiger partial charge in [-0.15, -0.1) is 0 Å². The van der Waals surface area contributed by atoms with Crippen LogP contribution >= 0.6 is 11.6 Å². The smallest absolute Gasteiger partial charge is 0.151 e. The van der Waals surface area contributed by atoms with Gasteiger partial charge in [0.1, 0.15) is 5.69 Å². The molecule has 0 atom stereocenters. The summed E-state index contributed by atoms with van der Waals surface area (Å²) >= 11 is 5.89. The van der Waals surface area contributed by atoms with E-state index >= 15 is 0 Å². The maximum absolute atomic E-state index is 10.7. The van der Waals surface area contributed by atoms with E-state index in [1.54, 1.807) is 0 Å². The summed E-state index contributed by atoms with van der Waals surface area (Å²) in [4.78, 5) is 2.23. The third-order valence-corrected chi connectivity index (χ3v) is 3.08. The van der Waals surface area contributed by atoms with Crippen molar-refractivity contribution >= 4 is 17.3 Å². The van der Waals surface area contributed by atoms with E-state index in [9.17, 15) is 5.21 Å². The lowest BCUT2D eigenvalue weighted by Gasteiger charge is -2.26. The van der Waals surface area contributed by atoms with E-state index in [1.165, 1.54) is 10.9 Å². The first-order valence-corrected chi connectivity index (χ1v) is 5.74. The van der Waals surface area contributed by atoms with Crippen LogP contribution in [0.2, 0.25) is 5.15 Å². The average molecular weight is 262 g/mol. The Morgan fingerprint density at radius 1 is 1.47 bits per heavy atom. The highest BCUT2D eigenvalue weighted by atomic mass is 35.5. The molecule has 2 rings (SSSR count). The van der Waals surface area contributed by atoms with Crippen molar-refractivity contribution in [3.8, 4) is 0 Å². The summed E-state index contributed by atoms with van der Waals surface area (Å²) in [6.07, 6.45) is 1.24. The summed E-state index contributed by atoms with van der Waals surface area (Å²) in [5, 5.41) is 23.3. The molecule has 0 saturated carbocycles. The van der Waals surface area contributed by atoms with E-state index in [1.807, 2.05) is 0 Å². The molecule has 1 aromatic heterocycles. The first-order valence-electron chi connectivity index (χ1n) is 5.36. The molecule has 7 nitrogen and oxygen atoms in total. The highest BCUT2D eigenvalue weighted by Crippen LogP contribution is 2.23. The van der Waals surface area contributed by atoms with Crippen LogP contribution < -0.4 is 5.23 Å². The van der Waals surface area contributed by atoms with Gasteiger partial charge in [0.2, 0.25) is 0 Å². The minimum Gasteiger partial charge on any atom is -0.733 e. The Hall–Kier alpha value is -0.860. The Morgan fingerprint density at radius 3 is 2.76 bits per heavy atom. The van der Waals surface area contributed by atoms with Crippen LogP contribution in [0.3, 0.4) is 0 Å². The SMILES string of the molecule is [O-]N(O)c1cnn(CCN2CCOCC2)c1Cl. The maximum atomic E-state index is 10.7. The normalized spacial score (nSPS) is 17.4. The molecule has 1 N–H and O–H groups in total. The van der Waals surface area contributed by atoms with Gasteiger partial charge in [-0.1, -0.05) is 11.6 Å². The van der Waals surface area contributed by atoms with Crippen molar-refractivity contribution in [2.45, 2.75) is 6.54 Å². The molecule has 1 aromatic rings. The first-order chi connectivity index (χ1) is 8.18. The van der Waals surface area contributed by atoms with Crippen LogP contribution in [0, 0.1) is 5.21 Å². The topological polar surface area (TPSA) is 76.8 Å². The molecule has 0 aromatic carbocycles. The minimum absolute atomic E-state index is 0.0337. The van der Waals surface area contributed by atoms with Gasteiger partial charge in [0.05, 0.1) is 26.0 Å². The summed E-state index contributed by atoms with van der Waals surface area (Å²) in [5.74, 6) is 0. The molecule has 0 aliphatic carbocycles. The summed E-state index contributed by atoms with van der Waals surface area (Å²) in [6.45, 7) is 4.62. The van der Waals surface area contributed by atoms with Gasteiger partial charge in [-0.3, -0.25) is 14.8 Å². The van der Waals surface area contributed by atoms with Crippen molar-refractivity contribution in [1.82, 2.24) is 14.7 Å². The average Bonchev–Trinajstić information content (AvgIpc) is 2.69. The first kappa shape index (κ1) is 12.6. The molecule has 1 aliphatic rings. The summed E-state index contributed by atoms with van der Waals surface area (Å²) in [7, 11) is 0. The molecule has 1 aliphatic heterocycles. The quantitative estimate of drug-likeness (QED) is 0.798. The third kappa shape index (κ3) is 3.08. The zero-order valence-corrected chi connectivity index (χ0v) is 10.0. The zero-order valence-electron chi connectivity index (χ0n) is 9.25. The van der Waals surface area contributed by atoms with Crippen LogP contribution in [-0.4, -0.2) is 52.7 Å². The number of anilines is 1. The minimum atomic E-state index is -0.277. The van der Waals surface area contributed by atoms with Crippen molar-refractivity contribution in [3.05, 3.63) is 16.6 Å². The number of hydrogen-bond acceptors (Lipinski definition) is 6. The van der Waals surface area contributed by atoms with Gasteiger partial charge in [-0.05, 0) is 0 Å². The highest BCUT2D eigenvalue weighted by Gasteiger charge is 2.13. The van der Waals surface area contributed by atoms with Crippen molar-refractivity contribution in [3.63, 3.8) is 0 Å². The molecule has 0 amide bonds. The van der Waals surface area contributed by atoms with Gasteiger partial charge in [0.15, 0.2) is 5.15 Å². The van der Waals surface area contributed by atoms with E-state index < -0.39 is 0 Å². The monoisotopic (exact) mass is 261 g/mol. The number of morpholine rings is 1. The van der Waals surface area contributed by atoms with Gasteiger partial charge in [0, 0.05) is 19.6 Å². The van der Waals surface area contributed by atoms with Crippen LogP contribution in [0.1, 0.15) is 0 Å². The van der Waals surface area contributed by atoms with Crippen molar-refractivity contribution in [2.75, 3.05) is 38.1 Å². The van der Waals surface area contributed by atoms with Crippen molar-refractivity contribution < 1.29 is 9.94 Å². The van der Waals surface area contributed by atoms with Crippen molar-refractivity contribution in [2.24, 2.45) is 0 Å². The standard InChI is InChI=1S/C9H14ClN4O3/c10-9-8(14(15)16)7-11-13(9)2-1-12-3-5-17-6-4-12/h7,15H,1-6H2/q-1. The second-order valence-electron chi connectivity index (χ2n) is 3.77. The molecule has 0 radical (unpaired) electrons. The lowest BCUT2D eigenvalue weighted by atomic mass is 10.4. The van der Waals surface area contributed by atoms with Gasteiger partial charge in [-0.2, -0.15) is 5.10 Å². The van der Waals surface area contributed by atoms with Gasteiger partial charge >= 0.3 is 0 Å². The molecule has 0 bridgehead atoms. The van der Waals surface area contributed by atoms with Crippen LogP contribution in [0.15, 0.2) is 6.20 Å². The second kappa shape index (κ2) is 5.65. The van der Waals surface area contributed by atoms with E-state index in [4.69, 9.17) is 21.5 Å². The second-order valence-corrected chi connectivity index (χ2v) is 4.13. The molecule has 0 unspecified atom stereocenters. The molecule has 8 heteroatoms. The Morgan fingerprint density at radius 2 is 2.18 bits per heavy atom. The predicted octanol–water partition coefficient (Wildman–Crippen LogP) is 0.562. The summed E-state index contributed by atoms with van der Waals surface area (Å²) < 4.78 is 6.73. The van der Waals surface area contributed by atoms with Gasteiger partial charge in [-0.25, -0.2) is 0 Å². The molecule has 96 valence electrons. The van der Waals surface area contributed by atoms with Crippen LogP contribution in [0.5, 0.6) is 0 Å². The molecule has 17 heavy (non-hydrogen) atoms. The van der Waals surface area contributed by atoms with Crippen LogP contribution in [-0.2, 0) is 11.3 Å². The van der Waals surface area contributed by atoms with E-state index in [2.05, 4.69) is 10.00 Å². The Labute approximate surface area is 104 Å². The molecule has 0 spiro atoms. The molecule has 1 fully saturated rings. The fraction of sp³-hybridized carbons (Fsp3) is 0.667. The molecule has 1 saturated heterocycles. The lowest BCUT2D eigenvalue weighted by molar-refractivity contribution is 0.0360. The van der Waals surface area contributed by atoms with E-state index in [0.29, 0.717) is 6.54 Å². The summed E-state index contributed by atoms with van der Waals surface area (Å²) in [6, 6.07) is 0. The van der Waals surface area contributed by atoms with E-state index in [-0.39, 0.29) is 16.1 Å². The van der Waals surface area contributed by atoms with Crippen LogP contribution in [0.4, 0.5) is 5.69 Å². The number of halogens is 1. The Bertz CT molecular complexity index is 365. The molecular weight excluding hydrogens is 248 g/mol. The largest absolute Gasteiger partial charge is 0.733 e. The predicted molar refractivity (Wildman–Crippen MR) is 62.1 cm³/mol. The zero-order chi connectivity index (χ0) is 12.3. The number of nitrogens with zero attached hydrogens (tertiary/aromatic N) is 4. The lowest BCUT2D eigenvalue weighted by Crippen LogP contribution is -2.38. The molecule has 2 heterocycles. The van der Waals surface area contributed by atoms with E-state index in [0.717, 1.165) is 32.8 Å². The number of aromatic nitrogens is 2. The van der Waals surface area contributed by atoms with Crippen molar-refractivity contribution in [1.29, 1.82) is 0 Å². The Kier molecular flexibility index (Phi) is 4.19. The maximum Gasteiger partial charge on any atom is 0.151 e. The fourth-order valence-corrected chi connectivity index (χ4v) is 1.95. The highest BCUT2D eigenvalue weighted by molar-refractivity contribution is 6.32. The number of rotatable bonds is 4. The fourth-order valence-electron chi connectivity index (χ4n) is 1.71. The Balaban J connectivity index is 1.90. The van der Waals surface area contributed by atoms with Gasteiger partial charge in [0.25, 0.3) is 0 Å². The van der Waals surface area contributed by atoms with Gasteiger partial charge < -0.3 is 15.2 Å². The number of hydrogen-bond donors (Lipinski definition) is 1.